The van der Waals surface area contributed by atoms with Crippen LogP contribution in [0.4, 0.5) is 18.9 Å². The number of hydrogen-bond donors (Lipinski definition) is 2. The Hall–Kier alpha value is -3.83. The summed E-state index contributed by atoms with van der Waals surface area (Å²) in [6.45, 7) is 0.401. The maximum Gasteiger partial charge on any atom is 0.516 e. The van der Waals surface area contributed by atoms with Gasteiger partial charge in [-0.1, -0.05) is 36.4 Å². The van der Waals surface area contributed by atoms with Crippen LogP contribution >= 0.6 is 0 Å². The number of para-hydroxylation sites is 1. The molecule has 0 aliphatic carbocycles. The topological polar surface area (TPSA) is 97.8 Å². The minimum absolute atomic E-state index is 0.174. The van der Waals surface area contributed by atoms with E-state index in [0.717, 1.165) is 16.6 Å². The molecular weight excluding hydrogens is 521 g/mol. The highest BCUT2D eigenvalue weighted by Crippen LogP contribution is 2.39. The van der Waals surface area contributed by atoms with Crippen LogP contribution in [0.25, 0.3) is 10.9 Å². The third kappa shape index (κ3) is 5.53. The number of fused-ring (bicyclic) bond motifs is 2. The molecule has 2 heterocycles. The molecular formula is C27H23F3N2O5S. The van der Waals surface area contributed by atoms with E-state index in [1.165, 1.54) is 22.9 Å². The fourth-order valence-corrected chi connectivity index (χ4v) is 4.87. The van der Waals surface area contributed by atoms with Crippen molar-refractivity contribution in [3.63, 3.8) is 0 Å². The summed E-state index contributed by atoms with van der Waals surface area (Å²) in [5, 5.41) is 12.1. The Bertz CT molecular complexity index is 1580. The molecule has 0 radical (unpaired) electrons. The summed E-state index contributed by atoms with van der Waals surface area (Å²) < 4.78 is 74.3. The lowest BCUT2D eigenvalue weighted by molar-refractivity contribution is -0.0429. The number of pyridine rings is 1. The zero-order valence-electron chi connectivity index (χ0n) is 19.9. The van der Waals surface area contributed by atoms with Gasteiger partial charge < -0.3 is 14.6 Å². The second-order valence-corrected chi connectivity index (χ2v) is 10.6. The zero-order chi connectivity index (χ0) is 26.9. The summed E-state index contributed by atoms with van der Waals surface area (Å²) in [5.74, 6) is 0.608. The number of halogens is 3. The highest BCUT2D eigenvalue weighted by atomic mass is 32.2. The molecule has 0 spiro atoms. The Labute approximate surface area is 216 Å². The second kappa shape index (κ2) is 10.1. The predicted molar refractivity (Wildman–Crippen MR) is 135 cm³/mol. The number of sulfonamides is 1. The molecule has 1 aromatic heterocycles. The van der Waals surface area contributed by atoms with E-state index in [1.807, 2.05) is 36.4 Å². The molecule has 3 aromatic carbocycles. The molecule has 11 heteroatoms. The zero-order valence-corrected chi connectivity index (χ0v) is 20.7. The van der Waals surface area contributed by atoms with Crippen LogP contribution in [-0.4, -0.2) is 30.6 Å². The molecule has 4 aromatic rings. The van der Waals surface area contributed by atoms with Crippen molar-refractivity contribution in [3.05, 3.63) is 95.7 Å². The average molecular weight is 545 g/mol. The molecule has 2 atom stereocenters. The molecule has 0 saturated carbocycles. The van der Waals surface area contributed by atoms with Crippen molar-refractivity contribution in [3.8, 4) is 11.5 Å². The molecule has 0 saturated heterocycles. The molecule has 2 N–H and O–H groups in total. The van der Waals surface area contributed by atoms with Gasteiger partial charge in [0.05, 0.1) is 23.9 Å². The summed E-state index contributed by atoms with van der Waals surface area (Å²) >= 11 is 0. The van der Waals surface area contributed by atoms with Crippen LogP contribution in [-0.2, 0) is 23.1 Å². The molecule has 7 nitrogen and oxygen atoms in total. The lowest BCUT2D eigenvalue weighted by Gasteiger charge is -2.30. The molecule has 0 amide bonds. The normalized spacial score (nSPS) is 17.5. The van der Waals surface area contributed by atoms with Crippen molar-refractivity contribution in [1.29, 1.82) is 0 Å². The van der Waals surface area contributed by atoms with E-state index in [4.69, 9.17) is 9.47 Å². The van der Waals surface area contributed by atoms with Crippen molar-refractivity contribution >= 4 is 26.6 Å². The Morgan fingerprint density at radius 2 is 1.84 bits per heavy atom. The van der Waals surface area contributed by atoms with Crippen LogP contribution in [0.1, 0.15) is 22.9 Å². The van der Waals surface area contributed by atoms with Gasteiger partial charge in [-0.2, -0.15) is 21.6 Å². The Kier molecular flexibility index (Phi) is 6.89. The number of nitrogens with zero attached hydrogens (tertiary/aromatic N) is 1. The van der Waals surface area contributed by atoms with Crippen LogP contribution in [0, 0.1) is 5.92 Å². The summed E-state index contributed by atoms with van der Waals surface area (Å²) in [7, 11) is -5.54. The Morgan fingerprint density at radius 1 is 1.03 bits per heavy atom. The Morgan fingerprint density at radius 3 is 2.66 bits per heavy atom. The van der Waals surface area contributed by atoms with Crippen molar-refractivity contribution in [2.75, 3.05) is 11.3 Å². The second-order valence-electron chi connectivity index (χ2n) is 8.96. The molecule has 5 rings (SSSR count). The van der Waals surface area contributed by atoms with Gasteiger partial charge >= 0.3 is 15.5 Å². The van der Waals surface area contributed by atoms with E-state index in [0.29, 0.717) is 22.6 Å². The summed E-state index contributed by atoms with van der Waals surface area (Å²) in [5.41, 5.74) is -2.97. The third-order valence-electron chi connectivity index (χ3n) is 6.22. The maximum atomic E-state index is 12.7. The number of rotatable bonds is 7. The Balaban J connectivity index is 1.27. The first-order valence-corrected chi connectivity index (χ1v) is 13.2. The molecule has 38 heavy (non-hydrogen) atoms. The van der Waals surface area contributed by atoms with Crippen LogP contribution in [0.3, 0.4) is 0 Å². The van der Waals surface area contributed by atoms with Crippen LogP contribution in [0.15, 0.2) is 78.9 Å². The summed E-state index contributed by atoms with van der Waals surface area (Å²) in [4.78, 5) is 4.59. The largest absolute Gasteiger partial charge is 0.516 e. The van der Waals surface area contributed by atoms with Gasteiger partial charge in [-0.25, -0.2) is 4.98 Å². The highest BCUT2D eigenvalue weighted by molar-refractivity contribution is 7.93. The lowest BCUT2D eigenvalue weighted by atomic mass is 9.88. The minimum atomic E-state index is -5.54. The van der Waals surface area contributed by atoms with E-state index in [1.54, 1.807) is 24.3 Å². The summed E-state index contributed by atoms with van der Waals surface area (Å²) in [6.07, 6.45) is -0.689. The van der Waals surface area contributed by atoms with Crippen molar-refractivity contribution in [1.82, 2.24) is 4.98 Å². The number of nitrogens with one attached hydrogen (secondary N) is 1. The lowest BCUT2D eigenvalue weighted by Crippen LogP contribution is -2.30. The van der Waals surface area contributed by atoms with Crippen molar-refractivity contribution < 1.29 is 36.2 Å². The van der Waals surface area contributed by atoms with Gasteiger partial charge in [-0.15, -0.1) is 0 Å². The van der Waals surface area contributed by atoms with Gasteiger partial charge in [-0.3, -0.25) is 4.72 Å². The molecule has 0 fully saturated rings. The first-order chi connectivity index (χ1) is 18.1. The summed E-state index contributed by atoms with van der Waals surface area (Å²) in [6, 6.07) is 22.4. The number of ether oxygens (including phenoxy) is 2. The first-order valence-electron chi connectivity index (χ1n) is 11.7. The molecule has 1 aliphatic rings. The maximum absolute atomic E-state index is 12.7. The van der Waals surface area contributed by atoms with Gasteiger partial charge in [0.2, 0.25) is 0 Å². The number of hydrogen-bond acceptors (Lipinski definition) is 6. The van der Waals surface area contributed by atoms with Gasteiger partial charge in [0.1, 0.15) is 18.1 Å². The molecule has 198 valence electrons. The van der Waals surface area contributed by atoms with E-state index < -0.39 is 27.6 Å². The average Bonchev–Trinajstić information content (AvgIpc) is 2.88. The van der Waals surface area contributed by atoms with Gasteiger partial charge in [0, 0.05) is 22.6 Å². The third-order valence-corrected chi connectivity index (χ3v) is 7.34. The van der Waals surface area contributed by atoms with E-state index >= 15 is 0 Å². The minimum Gasteiger partial charge on any atom is -0.493 e. The van der Waals surface area contributed by atoms with Gasteiger partial charge in [0.15, 0.2) is 0 Å². The number of benzene rings is 3. The highest BCUT2D eigenvalue weighted by Gasteiger charge is 2.46. The van der Waals surface area contributed by atoms with Crippen molar-refractivity contribution in [2.24, 2.45) is 5.92 Å². The van der Waals surface area contributed by atoms with Crippen LogP contribution < -0.4 is 14.2 Å². The fraction of sp³-hybridized carbons (Fsp3) is 0.222. The standard InChI is InChI=1S/C27H23F3N2O5S/c28-27(29,30)38(34,35)32-20-6-3-4-17(13-20)12-19-15-37-25-11-10-22(14-23(25)26(19)33)36-16-21-9-8-18-5-1-2-7-24(18)31-21/h1-11,13-14,19,26,32-33H,12,15-16H2/t19-,26-/m1/s1. The van der Waals surface area contributed by atoms with E-state index in [9.17, 15) is 26.7 Å². The first kappa shape index (κ1) is 25.8. The number of aliphatic hydroxyl groups excluding tert-OH is 1. The number of aromatic nitrogens is 1. The molecule has 0 unspecified atom stereocenters. The fourth-order valence-electron chi connectivity index (χ4n) is 4.31. The number of aliphatic hydroxyl groups is 1. The van der Waals surface area contributed by atoms with Gasteiger partial charge in [-0.05, 0) is 54.4 Å². The van der Waals surface area contributed by atoms with Gasteiger partial charge in [0.25, 0.3) is 0 Å². The number of anilines is 1. The molecule has 0 bridgehead atoms. The van der Waals surface area contributed by atoms with Crippen molar-refractivity contribution in [2.45, 2.75) is 24.6 Å². The van der Waals surface area contributed by atoms with E-state index in [2.05, 4.69) is 4.98 Å². The van der Waals surface area contributed by atoms with E-state index in [-0.39, 0.29) is 25.3 Å². The number of alkyl halides is 3. The smallest absolute Gasteiger partial charge is 0.493 e. The van der Waals surface area contributed by atoms with Crippen LogP contribution in [0.5, 0.6) is 11.5 Å². The van der Waals surface area contributed by atoms with Crippen LogP contribution in [0.2, 0.25) is 0 Å². The quantitative estimate of drug-likeness (QED) is 0.325. The molecule has 1 aliphatic heterocycles. The monoisotopic (exact) mass is 544 g/mol. The predicted octanol–water partition coefficient (Wildman–Crippen LogP) is 5.36. The SMILES string of the molecule is O=S(=O)(Nc1cccc(C[C@@H]2COc3ccc(OCc4ccc5ccccc5n4)cc3[C@@H]2O)c1)C(F)(F)F.